The van der Waals surface area contributed by atoms with E-state index in [9.17, 15) is 9.59 Å². The van der Waals surface area contributed by atoms with Crippen LogP contribution in [0.5, 0.6) is 0 Å². The van der Waals surface area contributed by atoms with Crippen molar-refractivity contribution in [1.82, 2.24) is 4.98 Å². The standard InChI is InChI=1S/C15H15NO4S2/c1-9-12(7-13(17)18)22-15(16-9)21-8-10-3-5-11(6-4-10)14(19)20-2/h3-6H,7-8H2,1-2H3,(H,17,18). The Morgan fingerprint density at radius 2 is 2.00 bits per heavy atom. The fraction of sp³-hybridized carbons (Fsp3) is 0.267. The third kappa shape index (κ3) is 4.32. The second-order valence-corrected chi connectivity index (χ2v) is 6.84. The van der Waals surface area contributed by atoms with E-state index in [4.69, 9.17) is 5.11 Å². The van der Waals surface area contributed by atoms with Crippen LogP contribution in [-0.4, -0.2) is 29.1 Å². The molecule has 7 heteroatoms. The van der Waals surface area contributed by atoms with Crippen molar-refractivity contribution in [3.63, 3.8) is 0 Å². The van der Waals surface area contributed by atoms with Gasteiger partial charge in [-0.15, -0.1) is 11.3 Å². The molecule has 0 radical (unpaired) electrons. The molecule has 0 amide bonds. The van der Waals surface area contributed by atoms with Crippen LogP contribution in [-0.2, 0) is 21.7 Å². The van der Waals surface area contributed by atoms with Gasteiger partial charge in [-0.25, -0.2) is 9.78 Å². The highest BCUT2D eigenvalue weighted by Gasteiger charge is 2.11. The number of rotatable bonds is 6. The number of carbonyl (C=O) groups excluding carboxylic acids is 1. The van der Waals surface area contributed by atoms with Gasteiger partial charge >= 0.3 is 11.9 Å². The monoisotopic (exact) mass is 337 g/mol. The number of hydrogen-bond acceptors (Lipinski definition) is 6. The normalized spacial score (nSPS) is 10.5. The molecule has 2 aromatic rings. The van der Waals surface area contributed by atoms with Gasteiger partial charge in [0.25, 0.3) is 0 Å². The van der Waals surface area contributed by atoms with Gasteiger partial charge in [0.1, 0.15) is 0 Å². The minimum atomic E-state index is -0.846. The molecule has 1 aromatic carbocycles. The van der Waals surface area contributed by atoms with Crippen molar-refractivity contribution in [1.29, 1.82) is 0 Å². The van der Waals surface area contributed by atoms with Crippen LogP contribution in [0.1, 0.15) is 26.5 Å². The van der Waals surface area contributed by atoms with Gasteiger partial charge < -0.3 is 9.84 Å². The number of aliphatic carboxylic acids is 1. The number of thioether (sulfide) groups is 1. The lowest BCUT2D eigenvalue weighted by molar-refractivity contribution is -0.136. The number of esters is 1. The maximum Gasteiger partial charge on any atom is 0.337 e. The van der Waals surface area contributed by atoms with Gasteiger partial charge in [-0.2, -0.15) is 0 Å². The maximum absolute atomic E-state index is 11.3. The number of hydrogen-bond donors (Lipinski definition) is 1. The molecule has 0 unspecified atom stereocenters. The van der Waals surface area contributed by atoms with Gasteiger partial charge in [0, 0.05) is 10.6 Å². The van der Waals surface area contributed by atoms with Gasteiger partial charge in [-0.05, 0) is 24.6 Å². The zero-order valence-corrected chi connectivity index (χ0v) is 13.8. The van der Waals surface area contributed by atoms with Crippen LogP contribution in [0.3, 0.4) is 0 Å². The molecule has 2 rings (SSSR count). The number of carboxylic acids is 1. The summed E-state index contributed by atoms with van der Waals surface area (Å²) in [6.45, 7) is 1.82. The van der Waals surface area contributed by atoms with E-state index >= 15 is 0 Å². The summed E-state index contributed by atoms with van der Waals surface area (Å²) < 4.78 is 5.51. The predicted molar refractivity (Wildman–Crippen MR) is 85.5 cm³/mol. The van der Waals surface area contributed by atoms with Gasteiger partial charge in [0.15, 0.2) is 4.34 Å². The minimum Gasteiger partial charge on any atom is -0.481 e. The van der Waals surface area contributed by atoms with E-state index in [1.165, 1.54) is 18.4 Å². The molecule has 0 atom stereocenters. The maximum atomic E-state index is 11.3. The van der Waals surface area contributed by atoms with Crippen LogP contribution >= 0.6 is 23.1 Å². The Labute approximate surface area is 136 Å². The van der Waals surface area contributed by atoms with E-state index in [2.05, 4.69) is 9.72 Å². The lowest BCUT2D eigenvalue weighted by atomic mass is 10.1. The second-order valence-electron chi connectivity index (χ2n) is 4.54. The topological polar surface area (TPSA) is 76.5 Å². The van der Waals surface area contributed by atoms with Crippen molar-refractivity contribution in [2.24, 2.45) is 0 Å². The molecule has 0 spiro atoms. The molecule has 1 N–H and O–H groups in total. The Balaban J connectivity index is 1.98. The van der Waals surface area contributed by atoms with Gasteiger partial charge in [-0.3, -0.25) is 4.79 Å². The number of carbonyl (C=O) groups is 2. The molecule has 0 aliphatic rings. The fourth-order valence-corrected chi connectivity index (χ4v) is 3.95. The largest absolute Gasteiger partial charge is 0.481 e. The molecule has 0 bridgehead atoms. The molecular weight excluding hydrogens is 322 g/mol. The Morgan fingerprint density at radius 1 is 1.32 bits per heavy atom. The number of aryl methyl sites for hydroxylation is 1. The van der Waals surface area contributed by atoms with Crippen LogP contribution in [0, 0.1) is 6.92 Å². The first-order valence-electron chi connectivity index (χ1n) is 6.47. The molecule has 1 aromatic heterocycles. The summed E-state index contributed by atoms with van der Waals surface area (Å²) in [6, 6.07) is 7.20. The lowest BCUT2D eigenvalue weighted by Gasteiger charge is -2.01. The summed E-state index contributed by atoms with van der Waals surface area (Å²) in [7, 11) is 1.35. The van der Waals surface area contributed by atoms with Crippen molar-refractivity contribution in [3.05, 3.63) is 46.0 Å². The molecule has 22 heavy (non-hydrogen) atoms. The number of carboxylic acid groups (broad SMARTS) is 1. The first-order valence-corrected chi connectivity index (χ1v) is 8.28. The third-order valence-electron chi connectivity index (χ3n) is 2.92. The Hall–Kier alpha value is -1.86. The van der Waals surface area contributed by atoms with Crippen LogP contribution in [0.25, 0.3) is 0 Å². The molecule has 0 saturated heterocycles. The van der Waals surface area contributed by atoms with Crippen molar-refractivity contribution < 1.29 is 19.4 Å². The zero-order chi connectivity index (χ0) is 16.1. The highest BCUT2D eigenvalue weighted by atomic mass is 32.2. The first-order chi connectivity index (χ1) is 10.5. The molecule has 1 heterocycles. The van der Waals surface area contributed by atoms with Crippen molar-refractivity contribution in [2.45, 2.75) is 23.4 Å². The average Bonchev–Trinajstić information content (AvgIpc) is 2.84. The van der Waals surface area contributed by atoms with Gasteiger partial charge in [0.2, 0.25) is 0 Å². The van der Waals surface area contributed by atoms with Crippen molar-refractivity contribution in [3.8, 4) is 0 Å². The summed E-state index contributed by atoms with van der Waals surface area (Å²) in [5, 5.41) is 8.83. The Kier molecular flexibility index (Phi) is 5.57. The Morgan fingerprint density at radius 3 is 2.59 bits per heavy atom. The first kappa shape index (κ1) is 16.5. The van der Waals surface area contributed by atoms with Crippen molar-refractivity contribution in [2.75, 3.05) is 7.11 Å². The fourth-order valence-electron chi connectivity index (χ4n) is 1.76. The highest BCUT2D eigenvalue weighted by molar-refractivity contribution is 8.00. The van der Waals surface area contributed by atoms with E-state index in [1.54, 1.807) is 23.9 Å². The van der Waals surface area contributed by atoms with E-state index in [0.717, 1.165) is 20.5 Å². The summed E-state index contributed by atoms with van der Waals surface area (Å²) in [5.41, 5.74) is 2.35. The molecule has 0 aliphatic heterocycles. The quantitative estimate of drug-likeness (QED) is 0.644. The summed E-state index contributed by atoms with van der Waals surface area (Å²) in [6.07, 6.45) is 0.0118. The third-order valence-corrected chi connectivity index (χ3v) is 5.29. The number of benzene rings is 1. The molecule has 116 valence electrons. The second kappa shape index (κ2) is 7.42. The van der Waals surface area contributed by atoms with E-state index in [0.29, 0.717) is 11.3 Å². The predicted octanol–water partition coefficient (Wildman–Crippen LogP) is 3.16. The summed E-state index contributed by atoms with van der Waals surface area (Å²) >= 11 is 2.97. The average molecular weight is 337 g/mol. The number of thiazole rings is 1. The van der Waals surface area contributed by atoms with Gasteiger partial charge in [-0.1, -0.05) is 23.9 Å². The van der Waals surface area contributed by atoms with E-state index in [1.807, 2.05) is 19.1 Å². The SMILES string of the molecule is COC(=O)c1ccc(CSc2nc(C)c(CC(=O)O)s2)cc1. The van der Waals surface area contributed by atoms with E-state index < -0.39 is 5.97 Å². The Bertz CT molecular complexity index is 679. The summed E-state index contributed by atoms with van der Waals surface area (Å²) in [5.74, 6) is -0.490. The van der Waals surface area contributed by atoms with Crippen LogP contribution in [0.4, 0.5) is 0 Å². The number of aromatic nitrogens is 1. The molecule has 0 saturated carbocycles. The molecule has 0 aliphatic carbocycles. The van der Waals surface area contributed by atoms with Crippen LogP contribution in [0.15, 0.2) is 28.6 Å². The molecule has 5 nitrogen and oxygen atoms in total. The number of methoxy groups -OCH3 is 1. The summed E-state index contributed by atoms with van der Waals surface area (Å²) in [4.78, 5) is 27.3. The minimum absolute atomic E-state index is 0.0118. The number of nitrogens with zero attached hydrogens (tertiary/aromatic N) is 1. The van der Waals surface area contributed by atoms with Gasteiger partial charge in [0.05, 0.1) is 24.8 Å². The lowest BCUT2D eigenvalue weighted by Crippen LogP contribution is -2.00. The van der Waals surface area contributed by atoms with Crippen LogP contribution in [0.2, 0.25) is 0 Å². The highest BCUT2D eigenvalue weighted by Crippen LogP contribution is 2.30. The number of ether oxygens (including phenoxy) is 1. The zero-order valence-electron chi connectivity index (χ0n) is 12.2. The van der Waals surface area contributed by atoms with E-state index in [-0.39, 0.29) is 12.4 Å². The van der Waals surface area contributed by atoms with Crippen LogP contribution < -0.4 is 0 Å². The molecular formula is C15H15NO4S2. The van der Waals surface area contributed by atoms with Crippen molar-refractivity contribution >= 4 is 35.0 Å². The molecule has 0 fully saturated rings. The smallest absolute Gasteiger partial charge is 0.337 e.